The van der Waals surface area contributed by atoms with Crippen molar-refractivity contribution in [3.8, 4) is 10.4 Å². The van der Waals surface area contributed by atoms with Crippen molar-refractivity contribution in [2.75, 3.05) is 11.9 Å². The molecule has 2 aromatic rings. The fraction of sp³-hybridized carbons (Fsp3) is 0.615. The second-order valence-electron chi connectivity index (χ2n) is 10.5. The summed E-state index contributed by atoms with van der Waals surface area (Å²) in [5, 5.41) is 7.00. The molecule has 11 heteroatoms. The lowest BCUT2D eigenvalue weighted by atomic mass is 9.82. The van der Waals surface area contributed by atoms with E-state index in [1.807, 2.05) is 18.0 Å². The number of aromatic nitrogens is 2. The molecule has 0 spiro atoms. The average Bonchev–Trinajstić information content (AvgIpc) is 3.60. The third kappa shape index (κ3) is 6.43. The molecule has 3 aliphatic rings. The maximum Gasteiger partial charge on any atom is 0.335 e. The number of pyridine rings is 1. The summed E-state index contributed by atoms with van der Waals surface area (Å²) in [6.07, 6.45) is 10.7. The summed E-state index contributed by atoms with van der Waals surface area (Å²) in [6.45, 7) is 7.05. The molecule has 5 rings (SSSR count). The monoisotopic (exact) mass is 545 g/mol. The van der Waals surface area contributed by atoms with Crippen LogP contribution in [0, 0.1) is 12.8 Å². The van der Waals surface area contributed by atoms with Crippen LogP contribution in [0.15, 0.2) is 12.3 Å². The third-order valence-electron chi connectivity index (χ3n) is 7.61. The molecule has 1 atom stereocenters. The van der Waals surface area contributed by atoms with E-state index >= 15 is 0 Å². The zero-order valence-electron chi connectivity index (χ0n) is 21.6. The summed E-state index contributed by atoms with van der Waals surface area (Å²) < 4.78 is 16.6. The van der Waals surface area contributed by atoms with Gasteiger partial charge in [0.15, 0.2) is 5.01 Å². The Labute approximate surface area is 225 Å². The summed E-state index contributed by atoms with van der Waals surface area (Å²) >= 11 is 0.558. The first-order valence-electron chi connectivity index (χ1n) is 13.1. The summed E-state index contributed by atoms with van der Waals surface area (Å²) in [5.74, 6) is 1.26. The highest BCUT2D eigenvalue weighted by atomic mass is 32.1. The number of aryl methyl sites for hydroxylation is 1. The van der Waals surface area contributed by atoms with Crippen LogP contribution >= 0.6 is 11.3 Å². The molecular formula is C26H35N5O4S2. The predicted molar refractivity (Wildman–Crippen MR) is 144 cm³/mol. The lowest BCUT2D eigenvalue weighted by Crippen LogP contribution is -2.43. The van der Waals surface area contributed by atoms with Gasteiger partial charge in [-0.3, -0.25) is 9.59 Å². The van der Waals surface area contributed by atoms with Crippen molar-refractivity contribution in [3.05, 3.63) is 28.5 Å². The number of hydrogen-bond acceptors (Lipinski definition) is 8. The number of rotatable bonds is 6. The summed E-state index contributed by atoms with van der Waals surface area (Å²) in [7, 11) is 0. The van der Waals surface area contributed by atoms with Gasteiger partial charge in [-0.05, 0) is 69.9 Å². The van der Waals surface area contributed by atoms with E-state index in [-0.39, 0.29) is 23.9 Å². The largest absolute Gasteiger partial charge is 0.367 e. The van der Waals surface area contributed by atoms with Crippen molar-refractivity contribution >= 4 is 40.5 Å². The minimum Gasteiger partial charge on any atom is -0.367 e. The van der Waals surface area contributed by atoms with Crippen LogP contribution in [0.2, 0.25) is 0 Å². The molecule has 2 amide bonds. The molecule has 2 saturated carbocycles. The molecule has 3 heterocycles. The number of carbonyl (C=O) groups is 2. The van der Waals surface area contributed by atoms with Gasteiger partial charge >= 0.3 is 11.6 Å². The SMILES string of the molecule is Cc1cc(NC2CCCC2)ncc1-c1sc(C(=O)NC2CC(C)C2)nc1C(=O)N1CCC[C@@H]1C.O=S=O. The maximum atomic E-state index is 13.5. The van der Waals surface area contributed by atoms with E-state index in [1.165, 1.54) is 37.0 Å². The van der Waals surface area contributed by atoms with Crippen LogP contribution in [-0.2, 0) is 11.6 Å². The van der Waals surface area contributed by atoms with Gasteiger partial charge in [0.2, 0.25) is 0 Å². The van der Waals surface area contributed by atoms with E-state index < -0.39 is 11.6 Å². The van der Waals surface area contributed by atoms with Crippen molar-refractivity contribution in [2.45, 2.75) is 90.3 Å². The average molecular weight is 546 g/mol. The van der Waals surface area contributed by atoms with Gasteiger partial charge in [0.05, 0.1) is 4.88 Å². The minimum absolute atomic E-state index is 0.0832. The number of thiazole rings is 1. The van der Waals surface area contributed by atoms with E-state index in [0.29, 0.717) is 22.7 Å². The third-order valence-corrected chi connectivity index (χ3v) is 8.70. The molecule has 9 nitrogen and oxygen atoms in total. The molecule has 2 N–H and O–H groups in total. The molecule has 0 radical (unpaired) electrons. The van der Waals surface area contributed by atoms with Gasteiger partial charge in [-0.2, -0.15) is 8.42 Å². The fourth-order valence-electron chi connectivity index (χ4n) is 5.54. The molecule has 0 unspecified atom stereocenters. The Morgan fingerprint density at radius 1 is 1.08 bits per heavy atom. The van der Waals surface area contributed by atoms with Crippen molar-refractivity contribution < 1.29 is 18.0 Å². The van der Waals surface area contributed by atoms with E-state index in [2.05, 4.69) is 40.5 Å². The maximum absolute atomic E-state index is 13.5. The van der Waals surface area contributed by atoms with E-state index in [1.54, 1.807) is 0 Å². The van der Waals surface area contributed by atoms with Crippen molar-refractivity contribution in [3.63, 3.8) is 0 Å². The highest BCUT2D eigenvalue weighted by molar-refractivity contribution is 7.51. The minimum atomic E-state index is -0.750. The molecule has 1 saturated heterocycles. The number of carbonyl (C=O) groups excluding carboxylic acids is 2. The lowest BCUT2D eigenvalue weighted by molar-refractivity contribution is 0.0743. The number of hydrogen-bond donors (Lipinski definition) is 2. The zero-order valence-corrected chi connectivity index (χ0v) is 23.3. The van der Waals surface area contributed by atoms with Gasteiger partial charge in [0, 0.05) is 36.4 Å². The normalized spacial score (nSPS) is 23.1. The number of nitrogens with one attached hydrogen (secondary N) is 2. The Bertz CT molecular complexity index is 1170. The van der Waals surface area contributed by atoms with Gasteiger partial charge in [-0.1, -0.05) is 19.8 Å². The van der Waals surface area contributed by atoms with Crippen LogP contribution in [0.1, 0.15) is 91.1 Å². The topological polar surface area (TPSA) is 121 Å². The first-order valence-corrected chi connectivity index (χ1v) is 14.6. The molecule has 1 aliphatic heterocycles. The quantitative estimate of drug-likeness (QED) is 0.553. The number of anilines is 1. The predicted octanol–water partition coefficient (Wildman–Crippen LogP) is 4.35. The van der Waals surface area contributed by atoms with E-state index in [0.717, 1.165) is 54.0 Å². The first-order chi connectivity index (χ1) is 17.8. The molecule has 200 valence electrons. The number of nitrogens with zero attached hydrogens (tertiary/aromatic N) is 3. The van der Waals surface area contributed by atoms with Crippen molar-refractivity contribution in [1.82, 2.24) is 20.2 Å². The van der Waals surface area contributed by atoms with Crippen LogP contribution in [-0.4, -0.2) is 59.8 Å². The van der Waals surface area contributed by atoms with E-state index in [4.69, 9.17) is 8.42 Å². The van der Waals surface area contributed by atoms with Crippen molar-refractivity contribution in [1.29, 1.82) is 0 Å². The van der Waals surface area contributed by atoms with Crippen LogP contribution in [0.3, 0.4) is 0 Å². The Balaban J connectivity index is 0.00000102. The molecule has 3 fully saturated rings. The lowest BCUT2D eigenvalue weighted by Gasteiger charge is -2.32. The van der Waals surface area contributed by atoms with Crippen LogP contribution < -0.4 is 10.6 Å². The first kappa shape index (κ1) is 27.4. The summed E-state index contributed by atoms with van der Waals surface area (Å²) in [4.78, 5) is 38.4. The second-order valence-corrected chi connectivity index (χ2v) is 11.6. The van der Waals surface area contributed by atoms with Gasteiger partial charge in [0.25, 0.3) is 11.8 Å². The second kappa shape index (κ2) is 12.3. The fourth-order valence-corrected chi connectivity index (χ4v) is 6.57. The Hall–Kier alpha value is -2.66. The zero-order chi connectivity index (χ0) is 26.5. The van der Waals surface area contributed by atoms with Crippen LogP contribution in [0.4, 0.5) is 5.82 Å². The van der Waals surface area contributed by atoms with Gasteiger partial charge in [0.1, 0.15) is 11.5 Å². The molecule has 0 aromatic carbocycles. The van der Waals surface area contributed by atoms with E-state index in [9.17, 15) is 9.59 Å². The number of amides is 2. The standard InChI is InChI=1S/C26H35N5O2S.O2S/c1-15-11-19(12-15)29-24(32)25-30-22(26(33)31-10-6-7-17(31)3)23(34-25)20-14-27-21(13-16(20)2)28-18-8-4-5-9-18;1-3-2/h13-15,17-19H,4-12H2,1-3H3,(H,27,28)(H,29,32);/t15?,17-,19?;/m0./s1. The summed E-state index contributed by atoms with van der Waals surface area (Å²) in [6, 6.07) is 2.93. The Kier molecular flexibility index (Phi) is 9.07. The van der Waals surface area contributed by atoms with Crippen LogP contribution in [0.5, 0.6) is 0 Å². The highest BCUT2D eigenvalue weighted by Gasteiger charge is 2.33. The molecule has 0 bridgehead atoms. The van der Waals surface area contributed by atoms with Crippen molar-refractivity contribution in [2.24, 2.45) is 5.92 Å². The van der Waals surface area contributed by atoms with Crippen LogP contribution in [0.25, 0.3) is 10.4 Å². The molecule has 2 aliphatic carbocycles. The van der Waals surface area contributed by atoms with Gasteiger partial charge < -0.3 is 15.5 Å². The highest BCUT2D eigenvalue weighted by Crippen LogP contribution is 2.36. The smallest absolute Gasteiger partial charge is 0.335 e. The molecule has 2 aromatic heterocycles. The van der Waals surface area contributed by atoms with Gasteiger partial charge in [-0.15, -0.1) is 11.3 Å². The summed E-state index contributed by atoms with van der Waals surface area (Å²) in [5.41, 5.74) is 2.29. The number of likely N-dealkylation sites (tertiary alicyclic amines) is 1. The molecular weight excluding hydrogens is 510 g/mol. The van der Waals surface area contributed by atoms with Gasteiger partial charge in [-0.25, -0.2) is 9.97 Å². The molecule has 37 heavy (non-hydrogen) atoms. The Morgan fingerprint density at radius 2 is 1.78 bits per heavy atom. The Morgan fingerprint density at radius 3 is 2.38 bits per heavy atom.